The van der Waals surface area contributed by atoms with Crippen LogP contribution in [0.5, 0.6) is 0 Å². The van der Waals surface area contributed by atoms with Crippen LogP contribution in [0.1, 0.15) is 18.9 Å². The van der Waals surface area contributed by atoms with Crippen LogP contribution < -0.4 is 5.32 Å². The van der Waals surface area contributed by atoms with Crippen LogP contribution in [0.25, 0.3) is 0 Å². The second-order valence-corrected chi connectivity index (χ2v) is 3.69. The quantitative estimate of drug-likeness (QED) is 0.852. The molecule has 0 saturated carbocycles. The predicted molar refractivity (Wildman–Crippen MR) is 58.6 cm³/mol. The Kier molecular flexibility index (Phi) is 4.23. The Hall–Kier alpha value is -0.730. The fourth-order valence-corrected chi connectivity index (χ4v) is 1.30. The number of benzene rings is 1. The lowest BCUT2D eigenvalue weighted by Gasteiger charge is -2.04. The summed E-state index contributed by atoms with van der Waals surface area (Å²) in [7, 11) is 0. The fraction of sp³-hybridized carbons (Fsp3) is 0.300. The van der Waals surface area contributed by atoms with E-state index < -0.39 is 0 Å². The van der Waals surface area contributed by atoms with Crippen molar-refractivity contribution in [2.24, 2.45) is 0 Å². The van der Waals surface area contributed by atoms with Crippen LogP contribution in [-0.2, 0) is 11.3 Å². The van der Waals surface area contributed by atoms with Gasteiger partial charge in [-0.3, -0.25) is 4.79 Å². The van der Waals surface area contributed by atoms with Gasteiger partial charge in [-0.1, -0.05) is 36.2 Å². The maximum absolute atomic E-state index is 11.0. The van der Waals surface area contributed by atoms with Crippen molar-refractivity contribution in [2.45, 2.75) is 19.9 Å². The number of hydrogen-bond acceptors (Lipinski definition) is 1. The third-order valence-corrected chi connectivity index (χ3v) is 2.53. The van der Waals surface area contributed by atoms with Gasteiger partial charge in [0.25, 0.3) is 0 Å². The van der Waals surface area contributed by atoms with Crippen LogP contribution in [0.2, 0.25) is 10.0 Å². The normalized spacial score (nSPS) is 9.93. The Morgan fingerprint density at radius 3 is 2.64 bits per heavy atom. The molecule has 1 aromatic carbocycles. The van der Waals surface area contributed by atoms with E-state index in [-0.39, 0.29) is 5.91 Å². The van der Waals surface area contributed by atoms with Gasteiger partial charge in [0.2, 0.25) is 5.91 Å². The van der Waals surface area contributed by atoms with E-state index >= 15 is 0 Å². The zero-order valence-electron chi connectivity index (χ0n) is 7.81. The van der Waals surface area contributed by atoms with E-state index in [1.54, 1.807) is 12.1 Å². The Morgan fingerprint density at radius 1 is 1.36 bits per heavy atom. The van der Waals surface area contributed by atoms with Crippen molar-refractivity contribution in [1.29, 1.82) is 0 Å². The molecule has 0 radical (unpaired) electrons. The molecule has 0 aliphatic carbocycles. The maximum atomic E-state index is 11.0. The van der Waals surface area contributed by atoms with E-state index in [0.29, 0.717) is 23.0 Å². The Balaban J connectivity index is 2.60. The summed E-state index contributed by atoms with van der Waals surface area (Å²) in [5.74, 6) is 0.0241. The zero-order valence-corrected chi connectivity index (χ0v) is 9.32. The molecule has 0 saturated heterocycles. The molecular weight excluding hydrogens is 221 g/mol. The third kappa shape index (κ3) is 3.20. The topological polar surface area (TPSA) is 29.1 Å². The average molecular weight is 232 g/mol. The van der Waals surface area contributed by atoms with Crippen LogP contribution in [0.3, 0.4) is 0 Å². The minimum atomic E-state index is 0.0241. The molecule has 0 fully saturated rings. The molecule has 76 valence electrons. The fourth-order valence-electron chi connectivity index (χ4n) is 0.975. The van der Waals surface area contributed by atoms with E-state index in [9.17, 15) is 4.79 Å². The first kappa shape index (κ1) is 11.3. The van der Waals surface area contributed by atoms with Gasteiger partial charge < -0.3 is 5.32 Å². The summed E-state index contributed by atoms with van der Waals surface area (Å²) in [5.41, 5.74) is 0.946. The molecule has 0 atom stereocenters. The lowest BCUT2D eigenvalue weighted by molar-refractivity contribution is -0.120. The molecule has 4 heteroatoms. The molecule has 0 aromatic heterocycles. The van der Waals surface area contributed by atoms with Crippen molar-refractivity contribution in [2.75, 3.05) is 0 Å². The first-order chi connectivity index (χ1) is 6.63. The lowest BCUT2D eigenvalue weighted by atomic mass is 10.2. The lowest BCUT2D eigenvalue weighted by Crippen LogP contribution is -2.21. The number of rotatable bonds is 3. The highest BCUT2D eigenvalue weighted by Gasteiger charge is 2.00. The van der Waals surface area contributed by atoms with E-state index in [4.69, 9.17) is 23.2 Å². The molecule has 2 nitrogen and oxygen atoms in total. The molecule has 0 aliphatic heterocycles. The van der Waals surface area contributed by atoms with Gasteiger partial charge >= 0.3 is 0 Å². The van der Waals surface area contributed by atoms with Crippen molar-refractivity contribution in [1.82, 2.24) is 5.32 Å². The highest BCUT2D eigenvalue weighted by Crippen LogP contribution is 2.22. The molecule has 0 bridgehead atoms. The van der Waals surface area contributed by atoms with Gasteiger partial charge in [0.15, 0.2) is 0 Å². The Bertz CT molecular complexity index is 339. The van der Waals surface area contributed by atoms with Gasteiger partial charge in [0, 0.05) is 13.0 Å². The van der Waals surface area contributed by atoms with Crippen molar-refractivity contribution in [3.05, 3.63) is 33.8 Å². The highest BCUT2D eigenvalue weighted by atomic mass is 35.5. The second kappa shape index (κ2) is 5.23. The molecule has 0 aliphatic rings. The van der Waals surface area contributed by atoms with Gasteiger partial charge in [0.05, 0.1) is 10.0 Å². The van der Waals surface area contributed by atoms with E-state index in [1.807, 2.05) is 13.0 Å². The summed E-state index contributed by atoms with van der Waals surface area (Å²) >= 11 is 11.6. The van der Waals surface area contributed by atoms with Gasteiger partial charge in [-0.15, -0.1) is 0 Å². The molecule has 1 aromatic rings. The summed E-state index contributed by atoms with van der Waals surface area (Å²) in [6, 6.07) is 5.31. The predicted octanol–water partition coefficient (Wildman–Crippen LogP) is 3.02. The van der Waals surface area contributed by atoms with Gasteiger partial charge in [-0.25, -0.2) is 0 Å². The number of carbonyl (C=O) groups is 1. The Morgan fingerprint density at radius 2 is 2.07 bits per heavy atom. The van der Waals surface area contributed by atoms with Crippen molar-refractivity contribution in [3.63, 3.8) is 0 Å². The van der Waals surface area contributed by atoms with Crippen LogP contribution in [0.4, 0.5) is 0 Å². The summed E-state index contributed by atoms with van der Waals surface area (Å²) in [5, 5.41) is 3.79. The van der Waals surface area contributed by atoms with E-state index in [0.717, 1.165) is 5.56 Å². The van der Waals surface area contributed by atoms with E-state index in [1.165, 1.54) is 0 Å². The molecule has 1 amide bonds. The minimum absolute atomic E-state index is 0.0241. The second-order valence-electron chi connectivity index (χ2n) is 2.88. The third-order valence-electron chi connectivity index (χ3n) is 1.79. The number of hydrogen-bond donors (Lipinski definition) is 1. The minimum Gasteiger partial charge on any atom is -0.352 e. The molecule has 0 spiro atoms. The number of carbonyl (C=O) groups excluding carboxylic acids is 1. The molecule has 0 heterocycles. The standard InChI is InChI=1S/C10H11Cl2NO/c1-2-10(14)13-6-7-3-4-8(11)9(12)5-7/h3-5H,2,6H2,1H3,(H,13,14). The van der Waals surface area contributed by atoms with Gasteiger partial charge in [0.1, 0.15) is 0 Å². The summed E-state index contributed by atoms with van der Waals surface area (Å²) in [6.45, 7) is 2.30. The summed E-state index contributed by atoms with van der Waals surface area (Å²) < 4.78 is 0. The first-order valence-corrected chi connectivity index (χ1v) is 5.09. The van der Waals surface area contributed by atoms with Crippen molar-refractivity contribution in [3.8, 4) is 0 Å². The van der Waals surface area contributed by atoms with Crippen LogP contribution in [0, 0.1) is 0 Å². The van der Waals surface area contributed by atoms with Crippen LogP contribution in [-0.4, -0.2) is 5.91 Å². The zero-order chi connectivity index (χ0) is 10.6. The summed E-state index contributed by atoms with van der Waals surface area (Å²) in [4.78, 5) is 11.0. The highest BCUT2D eigenvalue weighted by molar-refractivity contribution is 6.42. The molecule has 0 unspecified atom stereocenters. The molecule has 14 heavy (non-hydrogen) atoms. The number of amides is 1. The van der Waals surface area contributed by atoms with Crippen molar-refractivity contribution >= 4 is 29.1 Å². The molecular formula is C10H11Cl2NO. The molecule has 1 rings (SSSR count). The SMILES string of the molecule is CCC(=O)NCc1ccc(Cl)c(Cl)c1. The summed E-state index contributed by atoms with van der Waals surface area (Å²) in [6.07, 6.45) is 0.487. The largest absolute Gasteiger partial charge is 0.352 e. The average Bonchev–Trinajstić information content (AvgIpc) is 2.19. The first-order valence-electron chi connectivity index (χ1n) is 4.34. The van der Waals surface area contributed by atoms with Crippen LogP contribution >= 0.6 is 23.2 Å². The number of nitrogens with one attached hydrogen (secondary N) is 1. The molecule has 1 N–H and O–H groups in total. The number of halogens is 2. The smallest absolute Gasteiger partial charge is 0.219 e. The van der Waals surface area contributed by atoms with E-state index in [2.05, 4.69) is 5.32 Å². The Labute approximate surface area is 93.2 Å². The van der Waals surface area contributed by atoms with Gasteiger partial charge in [-0.2, -0.15) is 0 Å². The van der Waals surface area contributed by atoms with Crippen molar-refractivity contribution < 1.29 is 4.79 Å². The van der Waals surface area contributed by atoms with Gasteiger partial charge in [-0.05, 0) is 17.7 Å². The van der Waals surface area contributed by atoms with Crippen LogP contribution in [0.15, 0.2) is 18.2 Å². The maximum Gasteiger partial charge on any atom is 0.219 e. The monoisotopic (exact) mass is 231 g/mol.